The van der Waals surface area contributed by atoms with Crippen LogP contribution >= 0.6 is 0 Å². The lowest BCUT2D eigenvalue weighted by Gasteiger charge is -2.44. The molecule has 3 fully saturated rings. The van der Waals surface area contributed by atoms with Gasteiger partial charge in [-0.15, -0.1) is 0 Å². The summed E-state index contributed by atoms with van der Waals surface area (Å²) in [4.78, 5) is 24.6. The average Bonchev–Trinajstić information content (AvgIpc) is 2.37. The normalized spacial score (nSPS) is 31.7. The van der Waals surface area contributed by atoms with Crippen molar-refractivity contribution in [3.8, 4) is 0 Å². The first-order valence-electron chi connectivity index (χ1n) is 6.23. The molecule has 3 rings (SSSR count). The fraction of sp³-hybridized carbons (Fsp3) is 0.818. The van der Waals surface area contributed by atoms with E-state index in [1.807, 2.05) is 0 Å². The van der Waals surface area contributed by atoms with Crippen LogP contribution in [-0.4, -0.2) is 65.4 Å². The first-order chi connectivity index (χ1) is 8.60. The van der Waals surface area contributed by atoms with E-state index in [1.165, 1.54) is 0 Å². The van der Waals surface area contributed by atoms with Gasteiger partial charge in [-0.25, -0.2) is 9.59 Å². The zero-order chi connectivity index (χ0) is 13.1. The zero-order valence-electron chi connectivity index (χ0n) is 10.1. The molecule has 0 saturated carbocycles. The Morgan fingerprint density at radius 3 is 2.44 bits per heavy atom. The molecule has 18 heavy (non-hydrogen) atoms. The number of aliphatic carboxylic acids is 1. The second kappa shape index (κ2) is 5.53. The molecular formula is C11H19N3O4. The number of carbonyl (C=O) groups excluding carboxylic acids is 1. The van der Waals surface area contributed by atoms with Crippen LogP contribution in [0.3, 0.4) is 0 Å². The van der Waals surface area contributed by atoms with Gasteiger partial charge in [0.1, 0.15) is 0 Å². The molecule has 0 aromatic heterocycles. The van der Waals surface area contributed by atoms with Crippen LogP contribution in [0.25, 0.3) is 0 Å². The number of urea groups is 1. The molecule has 2 amide bonds. The summed E-state index contributed by atoms with van der Waals surface area (Å²) in [5.41, 5.74) is 0. The van der Waals surface area contributed by atoms with Crippen LogP contribution < -0.4 is 10.6 Å². The van der Waals surface area contributed by atoms with Gasteiger partial charge in [0.15, 0.2) is 6.04 Å². The van der Waals surface area contributed by atoms with E-state index < -0.39 is 24.6 Å². The summed E-state index contributed by atoms with van der Waals surface area (Å²) in [7, 11) is 0. The smallest absolute Gasteiger partial charge is 0.328 e. The third kappa shape index (κ3) is 2.91. The molecule has 3 saturated heterocycles. The Hall–Kier alpha value is -1.34. The number of hydrogen-bond acceptors (Lipinski definition) is 4. The number of carboxylic acid groups (broad SMARTS) is 1. The summed E-state index contributed by atoms with van der Waals surface area (Å²) in [6, 6.07) is -1.68. The van der Waals surface area contributed by atoms with Gasteiger partial charge in [-0.3, -0.25) is 0 Å². The lowest BCUT2D eigenvalue weighted by Crippen LogP contribution is -2.60. The third-order valence-corrected chi connectivity index (χ3v) is 3.76. The predicted molar refractivity (Wildman–Crippen MR) is 63.1 cm³/mol. The van der Waals surface area contributed by atoms with Crippen molar-refractivity contribution in [2.24, 2.45) is 5.92 Å². The molecule has 0 aromatic carbocycles. The maximum atomic E-state index is 11.6. The number of amides is 2. The van der Waals surface area contributed by atoms with Crippen molar-refractivity contribution in [1.29, 1.82) is 0 Å². The number of hydrogen-bond donors (Lipinski definition) is 4. The molecule has 3 aliphatic heterocycles. The molecule has 2 bridgehead atoms. The minimum atomic E-state index is -1.24. The predicted octanol–water partition coefficient (Wildman–Crippen LogP) is -1.17. The van der Waals surface area contributed by atoms with Crippen LogP contribution in [-0.2, 0) is 4.79 Å². The summed E-state index contributed by atoms with van der Waals surface area (Å²) in [6.07, 6.45) is 2.15. The molecule has 3 aliphatic rings. The topological polar surface area (TPSA) is 102 Å². The highest BCUT2D eigenvalue weighted by atomic mass is 16.4. The van der Waals surface area contributed by atoms with Crippen LogP contribution in [0.5, 0.6) is 0 Å². The molecule has 3 heterocycles. The lowest BCUT2D eigenvalue weighted by molar-refractivity contribution is -0.140. The van der Waals surface area contributed by atoms with E-state index in [0.717, 1.165) is 32.5 Å². The second-order valence-electron chi connectivity index (χ2n) is 4.94. The van der Waals surface area contributed by atoms with Gasteiger partial charge in [-0.2, -0.15) is 0 Å². The number of carbonyl (C=O) groups is 2. The van der Waals surface area contributed by atoms with Crippen molar-refractivity contribution < 1.29 is 19.8 Å². The molecule has 4 N–H and O–H groups in total. The van der Waals surface area contributed by atoms with Gasteiger partial charge in [0.2, 0.25) is 0 Å². The first kappa shape index (κ1) is 13.1. The first-order valence-corrected chi connectivity index (χ1v) is 6.23. The van der Waals surface area contributed by atoms with E-state index in [4.69, 9.17) is 10.2 Å². The number of carboxylic acids is 1. The third-order valence-electron chi connectivity index (χ3n) is 3.76. The average molecular weight is 257 g/mol. The molecule has 102 valence electrons. The van der Waals surface area contributed by atoms with Gasteiger partial charge in [0.25, 0.3) is 0 Å². The molecule has 7 heteroatoms. The van der Waals surface area contributed by atoms with Crippen molar-refractivity contribution in [2.45, 2.75) is 24.9 Å². The molecule has 0 spiro atoms. The quantitative estimate of drug-likeness (QED) is 0.508. The van der Waals surface area contributed by atoms with Crippen LogP contribution in [0, 0.1) is 5.92 Å². The maximum absolute atomic E-state index is 11.6. The Morgan fingerprint density at radius 2 is 2.00 bits per heavy atom. The lowest BCUT2D eigenvalue weighted by atomic mass is 9.84. The standard InChI is InChI=1S/C11H19N3O4/c15-6-9(10(16)17)13-11(18)12-8-5-14-3-1-7(8)2-4-14/h7-9,15H,1-6H2,(H,16,17)(H2,12,13,18). The van der Waals surface area contributed by atoms with Crippen molar-refractivity contribution in [3.63, 3.8) is 0 Å². The van der Waals surface area contributed by atoms with E-state index in [-0.39, 0.29) is 6.04 Å². The SMILES string of the molecule is O=C(NC(CO)C(=O)O)NC1CN2CCC1CC2. The van der Waals surface area contributed by atoms with Crippen molar-refractivity contribution in [2.75, 3.05) is 26.2 Å². The Kier molecular flexibility index (Phi) is 4.03. The Balaban J connectivity index is 1.82. The second-order valence-corrected chi connectivity index (χ2v) is 4.94. The molecule has 0 aliphatic carbocycles. The summed E-state index contributed by atoms with van der Waals surface area (Å²) >= 11 is 0. The number of piperidine rings is 3. The Morgan fingerprint density at radius 1 is 1.33 bits per heavy atom. The van der Waals surface area contributed by atoms with Crippen molar-refractivity contribution >= 4 is 12.0 Å². The fourth-order valence-corrected chi connectivity index (χ4v) is 2.68. The van der Waals surface area contributed by atoms with Gasteiger partial charge in [-0.1, -0.05) is 0 Å². The molecule has 0 aromatic rings. The van der Waals surface area contributed by atoms with E-state index in [2.05, 4.69) is 15.5 Å². The zero-order valence-corrected chi connectivity index (χ0v) is 10.1. The van der Waals surface area contributed by atoms with Gasteiger partial charge < -0.3 is 25.7 Å². The van der Waals surface area contributed by atoms with Gasteiger partial charge in [0, 0.05) is 12.6 Å². The van der Waals surface area contributed by atoms with Crippen LogP contribution in [0.2, 0.25) is 0 Å². The number of aliphatic hydroxyl groups is 1. The summed E-state index contributed by atoms with van der Waals surface area (Å²) in [5.74, 6) is -0.750. The van der Waals surface area contributed by atoms with Crippen LogP contribution in [0.15, 0.2) is 0 Å². The Labute approximate surface area is 105 Å². The van der Waals surface area contributed by atoms with Crippen molar-refractivity contribution in [3.05, 3.63) is 0 Å². The number of nitrogens with zero attached hydrogens (tertiary/aromatic N) is 1. The fourth-order valence-electron chi connectivity index (χ4n) is 2.68. The maximum Gasteiger partial charge on any atom is 0.328 e. The van der Waals surface area contributed by atoms with Gasteiger partial charge in [0.05, 0.1) is 6.61 Å². The van der Waals surface area contributed by atoms with Gasteiger partial charge in [-0.05, 0) is 31.8 Å². The molecular weight excluding hydrogens is 238 g/mol. The van der Waals surface area contributed by atoms with Crippen molar-refractivity contribution in [1.82, 2.24) is 15.5 Å². The summed E-state index contributed by atoms with van der Waals surface area (Å²) < 4.78 is 0. The van der Waals surface area contributed by atoms with Crippen LogP contribution in [0.1, 0.15) is 12.8 Å². The minimum absolute atomic E-state index is 0.0839. The number of nitrogens with one attached hydrogen (secondary N) is 2. The Bertz CT molecular complexity index is 328. The van der Waals surface area contributed by atoms with E-state index in [1.54, 1.807) is 0 Å². The number of fused-ring (bicyclic) bond motifs is 3. The highest BCUT2D eigenvalue weighted by molar-refractivity contribution is 5.82. The molecule has 7 nitrogen and oxygen atoms in total. The largest absolute Gasteiger partial charge is 0.480 e. The van der Waals surface area contributed by atoms with E-state index >= 15 is 0 Å². The van der Waals surface area contributed by atoms with Gasteiger partial charge >= 0.3 is 12.0 Å². The van der Waals surface area contributed by atoms with E-state index in [9.17, 15) is 9.59 Å². The molecule has 2 unspecified atom stereocenters. The monoisotopic (exact) mass is 257 g/mol. The molecule has 0 radical (unpaired) electrons. The summed E-state index contributed by atoms with van der Waals surface area (Å²) in [6.45, 7) is 2.38. The van der Waals surface area contributed by atoms with E-state index in [0.29, 0.717) is 5.92 Å². The minimum Gasteiger partial charge on any atom is -0.480 e. The number of rotatable bonds is 4. The summed E-state index contributed by atoms with van der Waals surface area (Å²) in [5, 5.41) is 22.6. The molecule has 2 atom stereocenters. The highest BCUT2D eigenvalue weighted by Gasteiger charge is 2.35. The van der Waals surface area contributed by atoms with Crippen LogP contribution in [0.4, 0.5) is 4.79 Å². The number of aliphatic hydroxyl groups excluding tert-OH is 1. The highest BCUT2D eigenvalue weighted by Crippen LogP contribution is 2.27.